The zero-order chi connectivity index (χ0) is 27.5. The molecule has 1 aliphatic heterocycles. The van der Waals surface area contributed by atoms with E-state index in [-0.39, 0.29) is 11.5 Å². The van der Waals surface area contributed by atoms with Gasteiger partial charge in [0.25, 0.3) is 11.5 Å². The van der Waals surface area contributed by atoms with E-state index >= 15 is 0 Å². The van der Waals surface area contributed by atoms with Crippen LogP contribution in [0.4, 0.5) is 5.69 Å². The van der Waals surface area contributed by atoms with E-state index in [4.69, 9.17) is 21.3 Å². The van der Waals surface area contributed by atoms with Crippen LogP contribution in [0.1, 0.15) is 37.9 Å². The molecule has 1 amide bonds. The van der Waals surface area contributed by atoms with Gasteiger partial charge in [0.15, 0.2) is 4.80 Å². The lowest BCUT2D eigenvalue weighted by Crippen LogP contribution is -2.40. The summed E-state index contributed by atoms with van der Waals surface area (Å²) >= 11 is 7.47. The number of carbonyl (C=O) groups excluding carboxylic acids is 1. The summed E-state index contributed by atoms with van der Waals surface area (Å²) in [5, 5.41) is 3.53. The number of benzene rings is 3. The van der Waals surface area contributed by atoms with Crippen LogP contribution in [0.15, 0.2) is 99.9 Å². The van der Waals surface area contributed by atoms with Crippen molar-refractivity contribution < 1.29 is 9.53 Å². The minimum absolute atomic E-state index is 0.212. The molecule has 3 aromatic carbocycles. The lowest BCUT2D eigenvalue weighted by molar-refractivity contribution is -0.113. The first-order chi connectivity index (χ1) is 18.8. The van der Waals surface area contributed by atoms with Crippen molar-refractivity contribution in [3.8, 4) is 5.75 Å². The lowest BCUT2D eigenvalue weighted by atomic mass is 9.95. The van der Waals surface area contributed by atoms with Crippen molar-refractivity contribution in [3.63, 3.8) is 0 Å². The molecule has 6 nitrogen and oxygen atoms in total. The highest BCUT2D eigenvalue weighted by Crippen LogP contribution is 2.31. The van der Waals surface area contributed by atoms with Crippen LogP contribution in [-0.4, -0.2) is 17.1 Å². The van der Waals surface area contributed by atoms with Crippen LogP contribution >= 0.6 is 22.9 Å². The second-order valence-corrected chi connectivity index (χ2v) is 11.2. The van der Waals surface area contributed by atoms with Gasteiger partial charge in [0.2, 0.25) is 0 Å². The molecule has 4 aromatic rings. The molecule has 0 saturated heterocycles. The number of fused-ring (bicyclic) bond motifs is 1. The van der Waals surface area contributed by atoms with E-state index in [0.29, 0.717) is 43.8 Å². The molecule has 39 heavy (non-hydrogen) atoms. The van der Waals surface area contributed by atoms with Crippen LogP contribution in [0.2, 0.25) is 5.02 Å². The number of para-hydroxylation sites is 1. The smallest absolute Gasteiger partial charge is 0.271 e. The summed E-state index contributed by atoms with van der Waals surface area (Å²) in [6.07, 6.45) is 1.85. The highest BCUT2D eigenvalue weighted by Gasteiger charge is 2.32. The number of nitrogens with one attached hydrogen (secondary N) is 1. The van der Waals surface area contributed by atoms with Gasteiger partial charge >= 0.3 is 0 Å². The SMILES string of the molecule is CC1=C(C(=O)Nc2ccccc2)[C@H](c2ccc(Cl)cc2)n2c(s/c(=C/c3ccc(OCC(C)C)cc3)c2=O)=N1. The van der Waals surface area contributed by atoms with Gasteiger partial charge in [-0.15, -0.1) is 0 Å². The van der Waals surface area contributed by atoms with Crippen molar-refractivity contribution in [2.75, 3.05) is 11.9 Å². The van der Waals surface area contributed by atoms with Gasteiger partial charge < -0.3 is 10.1 Å². The number of anilines is 1. The van der Waals surface area contributed by atoms with Gasteiger partial charge in [-0.05, 0) is 66.4 Å². The number of halogens is 1. The first-order valence-electron chi connectivity index (χ1n) is 12.7. The Morgan fingerprint density at radius 2 is 1.77 bits per heavy atom. The Labute approximate surface area is 235 Å². The number of thiazole rings is 1. The van der Waals surface area contributed by atoms with E-state index in [1.54, 1.807) is 23.6 Å². The first-order valence-corrected chi connectivity index (χ1v) is 13.9. The molecule has 1 atom stereocenters. The average Bonchev–Trinajstić information content (AvgIpc) is 3.22. The standard InChI is InChI=1S/C31H28ClN3O3S/c1-19(2)18-38-25-15-9-21(10-16-25)17-26-30(37)35-28(22-11-13-23(32)14-12-22)27(20(3)33-31(35)39-26)29(36)34-24-7-5-4-6-8-24/h4-17,19,28H,18H2,1-3H3,(H,34,36)/b26-17+/t28-/m0/s1. The third kappa shape index (κ3) is 5.90. The third-order valence-corrected chi connectivity index (χ3v) is 7.48. The Hall–Kier alpha value is -3.94. The average molecular weight is 558 g/mol. The predicted molar refractivity (Wildman–Crippen MR) is 157 cm³/mol. The molecule has 198 valence electrons. The van der Waals surface area contributed by atoms with Crippen molar-refractivity contribution in [2.45, 2.75) is 26.8 Å². The van der Waals surface area contributed by atoms with Gasteiger partial charge in [-0.25, -0.2) is 4.99 Å². The van der Waals surface area contributed by atoms with Crippen molar-refractivity contribution in [1.29, 1.82) is 0 Å². The number of rotatable bonds is 7. The minimum Gasteiger partial charge on any atom is -0.493 e. The van der Waals surface area contributed by atoms with Gasteiger partial charge in [0, 0.05) is 10.7 Å². The fourth-order valence-electron chi connectivity index (χ4n) is 4.37. The van der Waals surface area contributed by atoms with E-state index in [9.17, 15) is 9.59 Å². The monoisotopic (exact) mass is 557 g/mol. The van der Waals surface area contributed by atoms with Crippen molar-refractivity contribution >= 4 is 40.6 Å². The quantitative estimate of drug-likeness (QED) is 0.323. The van der Waals surface area contributed by atoms with Gasteiger partial charge in [-0.3, -0.25) is 14.2 Å². The topological polar surface area (TPSA) is 72.7 Å². The van der Waals surface area contributed by atoms with E-state index < -0.39 is 6.04 Å². The number of hydrogen-bond acceptors (Lipinski definition) is 5. The molecule has 0 spiro atoms. The zero-order valence-electron chi connectivity index (χ0n) is 21.9. The summed E-state index contributed by atoms with van der Waals surface area (Å²) in [6, 6.07) is 23.4. The van der Waals surface area contributed by atoms with Gasteiger partial charge in [-0.1, -0.05) is 79.2 Å². The van der Waals surface area contributed by atoms with Crippen LogP contribution < -0.4 is 24.9 Å². The molecule has 0 fully saturated rings. The maximum atomic E-state index is 13.8. The summed E-state index contributed by atoms with van der Waals surface area (Å²) in [4.78, 5) is 32.6. The molecule has 2 heterocycles. The Morgan fingerprint density at radius 3 is 2.44 bits per heavy atom. The maximum absolute atomic E-state index is 13.8. The highest BCUT2D eigenvalue weighted by atomic mass is 35.5. The molecule has 0 aliphatic carbocycles. The van der Waals surface area contributed by atoms with E-state index in [0.717, 1.165) is 16.9 Å². The Morgan fingerprint density at radius 1 is 1.08 bits per heavy atom. The summed E-state index contributed by atoms with van der Waals surface area (Å²) in [5.74, 6) is 0.909. The molecule has 1 aliphatic rings. The number of aromatic nitrogens is 1. The van der Waals surface area contributed by atoms with Crippen molar-refractivity contribution in [3.05, 3.63) is 126 Å². The Bertz CT molecular complexity index is 1700. The van der Waals surface area contributed by atoms with Crippen molar-refractivity contribution in [1.82, 2.24) is 4.57 Å². The third-order valence-electron chi connectivity index (χ3n) is 6.24. The van der Waals surface area contributed by atoms with Crippen LogP contribution in [0, 0.1) is 5.92 Å². The zero-order valence-corrected chi connectivity index (χ0v) is 23.4. The number of ether oxygens (including phenoxy) is 1. The Balaban J connectivity index is 1.57. The molecule has 0 bridgehead atoms. The van der Waals surface area contributed by atoms with Crippen LogP contribution in [0.5, 0.6) is 5.75 Å². The highest BCUT2D eigenvalue weighted by molar-refractivity contribution is 7.07. The van der Waals surface area contributed by atoms with E-state index in [1.165, 1.54) is 11.3 Å². The van der Waals surface area contributed by atoms with E-state index in [2.05, 4.69) is 19.2 Å². The maximum Gasteiger partial charge on any atom is 0.271 e. The number of amides is 1. The fourth-order valence-corrected chi connectivity index (χ4v) is 5.54. The minimum atomic E-state index is -0.656. The Kier molecular flexibility index (Phi) is 7.82. The number of carbonyl (C=O) groups is 1. The molecule has 1 N–H and O–H groups in total. The molecule has 5 rings (SSSR count). The fraction of sp³-hybridized carbons (Fsp3) is 0.194. The van der Waals surface area contributed by atoms with Crippen molar-refractivity contribution in [2.24, 2.45) is 10.9 Å². The first kappa shape index (κ1) is 26.7. The summed E-state index contributed by atoms with van der Waals surface area (Å²) in [7, 11) is 0. The molecule has 0 saturated carbocycles. The van der Waals surface area contributed by atoms with Gasteiger partial charge in [-0.2, -0.15) is 0 Å². The van der Waals surface area contributed by atoms with Gasteiger partial charge in [0.05, 0.1) is 28.5 Å². The van der Waals surface area contributed by atoms with E-state index in [1.807, 2.05) is 72.8 Å². The summed E-state index contributed by atoms with van der Waals surface area (Å²) < 4.78 is 7.91. The summed E-state index contributed by atoms with van der Waals surface area (Å²) in [6.45, 7) is 6.64. The number of allylic oxidation sites excluding steroid dienone is 1. The van der Waals surface area contributed by atoms with Crippen LogP contribution in [-0.2, 0) is 4.79 Å². The largest absolute Gasteiger partial charge is 0.493 e. The molecular formula is C31H28ClN3O3S. The normalized spacial score (nSPS) is 15.2. The molecule has 0 unspecified atom stereocenters. The van der Waals surface area contributed by atoms with Crippen LogP contribution in [0.25, 0.3) is 6.08 Å². The predicted octanol–water partition coefficient (Wildman–Crippen LogP) is 5.56. The summed E-state index contributed by atoms with van der Waals surface area (Å²) in [5.41, 5.74) is 3.06. The molecule has 1 aromatic heterocycles. The number of nitrogens with zero attached hydrogens (tertiary/aromatic N) is 2. The van der Waals surface area contributed by atoms with Gasteiger partial charge in [0.1, 0.15) is 5.75 Å². The lowest BCUT2D eigenvalue weighted by Gasteiger charge is -2.25. The molecule has 8 heteroatoms. The molecule has 0 radical (unpaired) electrons. The van der Waals surface area contributed by atoms with Crippen LogP contribution in [0.3, 0.4) is 0 Å². The molecular weight excluding hydrogens is 530 g/mol. The second-order valence-electron chi connectivity index (χ2n) is 9.73. The number of hydrogen-bond donors (Lipinski definition) is 1. The second kappa shape index (κ2) is 11.4.